The fourth-order valence-electron chi connectivity index (χ4n) is 2.88. The molecule has 24 heavy (non-hydrogen) atoms. The molecule has 0 fully saturated rings. The quantitative estimate of drug-likeness (QED) is 0.573. The molecular weight excluding hydrogens is 417 g/mol. The van der Waals surface area contributed by atoms with Crippen LogP contribution in [-0.2, 0) is 16.0 Å². The Bertz CT molecular complexity index is 847. The molecule has 1 N–H and O–H groups in total. The van der Waals surface area contributed by atoms with E-state index in [-0.39, 0.29) is 5.91 Å². The highest BCUT2D eigenvalue weighted by Gasteiger charge is 2.42. The number of carbonyl (C=O) groups is 2. The minimum atomic E-state index is -1.21. The summed E-state index contributed by atoms with van der Waals surface area (Å²) < 4.78 is 6.59. The SMILES string of the molecule is Cc1ccc2c(c1)CC(C)(C(=O)Nc1ccc(I)cc1C)OC2=O. The van der Waals surface area contributed by atoms with Crippen LogP contribution >= 0.6 is 22.6 Å². The number of anilines is 1. The molecule has 0 saturated heterocycles. The van der Waals surface area contributed by atoms with Crippen molar-refractivity contribution in [2.45, 2.75) is 32.8 Å². The van der Waals surface area contributed by atoms with Crippen LogP contribution in [0.5, 0.6) is 0 Å². The highest BCUT2D eigenvalue weighted by molar-refractivity contribution is 14.1. The molecule has 2 aromatic rings. The van der Waals surface area contributed by atoms with E-state index in [0.29, 0.717) is 12.0 Å². The lowest BCUT2D eigenvalue weighted by atomic mass is 9.88. The maximum Gasteiger partial charge on any atom is 0.339 e. The molecule has 0 saturated carbocycles. The predicted molar refractivity (Wildman–Crippen MR) is 101 cm³/mol. The molecular formula is C19H18INO3. The van der Waals surface area contributed by atoms with Crippen molar-refractivity contribution in [2.75, 3.05) is 5.32 Å². The summed E-state index contributed by atoms with van der Waals surface area (Å²) in [4.78, 5) is 25.1. The van der Waals surface area contributed by atoms with Gasteiger partial charge in [-0.25, -0.2) is 4.79 Å². The van der Waals surface area contributed by atoms with Gasteiger partial charge < -0.3 is 10.1 Å². The predicted octanol–water partition coefficient (Wildman–Crippen LogP) is 4.02. The molecule has 1 amide bonds. The van der Waals surface area contributed by atoms with Gasteiger partial charge in [0.15, 0.2) is 5.60 Å². The van der Waals surface area contributed by atoms with E-state index >= 15 is 0 Å². The summed E-state index contributed by atoms with van der Waals surface area (Å²) in [5, 5.41) is 2.89. The summed E-state index contributed by atoms with van der Waals surface area (Å²) in [6.07, 6.45) is 0.366. The average Bonchev–Trinajstić information content (AvgIpc) is 2.49. The number of amides is 1. The summed E-state index contributed by atoms with van der Waals surface area (Å²) in [7, 11) is 0. The zero-order valence-corrected chi connectivity index (χ0v) is 15.9. The molecule has 0 radical (unpaired) electrons. The van der Waals surface area contributed by atoms with Crippen molar-refractivity contribution in [1.82, 2.24) is 0 Å². The van der Waals surface area contributed by atoms with Crippen molar-refractivity contribution in [2.24, 2.45) is 0 Å². The molecule has 124 valence electrons. The molecule has 1 heterocycles. The lowest BCUT2D eigenvalue weighted by molar-refractivity contribution is -0.134. The molecule has 4 nitrogen and oxygen atoms in total. The Morgan fingerprint density at radius 1 is 1.21 bits per heavy atom. The van der Waals surface area contributed by atoms with Crippen LogP contribution in [0.25, 0.3) is 0 Å². The minimum absolute atomic E-state index is 0.313. The molecule has 0 spiro atoms. The van der Waals surface area contributed by atoms with Gasteiger partial charge in [-0.05, 0) is 78.8 Å². The minimum Gasteiger partial charge on any atom is -0.445 e. The number of halogens is 1. The number of benzene rings is 2. The Balaban J connectivity index is 1.88. The molecule has 1 unspecified atom stereocenters. The van der Waals surface area contributed by atoms with E-state index in [1.807, 2.05) is 44.2 Å². The average molecular weight is 435 g/mol. The van der Waals surface area contributed by atoms with Gasteiger partial charge in [-0.2, -0.15) is 0 Å². The molecule has 1 aliphatic rings. The second-order valence-electron chi connectivity index (χ2n) is 6.37. The van der Waals surface area contributed by atoms with E-state index in [0.717, 1.165) is 25.9 Å². The largest absolute Gasteiger partial charge is 0.445 e. The van der Waals surface area contributed by atoms with E-state index in [4.69, 9.17) is 4.74 Å². The first-order valence-corrected chi connectivity index (χ1v) is 8.77. The third-order valence-corrected chi connectivity index (χ3v) is 4.91. The van der Waals surface area contributed by atoms with Crippen molar-refractivity contribution < 1.29 is 14.3 Å². The number of nitrogens with one attached hydrogen (secondary N) is 1. The molecule has 3 rings (SSSR count). The van der Waals surface area contributed by atoms with E-state index in [1.54, 1.807) is 13.0 Å². The molecule has 0 aromatic heterocycles. The van der Waals surface area contributed by atoms with Crippen LogP contribution in [0.15, 0.2) is 36.4 Å². The van der Waals surface area contributed by atoms with Crippen molar-refractivity contribution in [3.05, 3.63) is 62.2 Å². The lowest BCUT2D eigenvalue weighted by Gasteiger charge is -2.33. The number of rotatable bonds is 2. The Kier molecular flexibility index (Phi) is 4.38. The van der Waals surface area contributed by atoms with Crippen molar-refractivity contribution >= 4 is 40.2 Å². The Labute approximate surface area is 154 Å². The van der Waals surface area contributed by atoms with Gasteiger partial charge in [0.2, 0.25) is 0 Å². The smallest absolute Gasteiger partial charge is 0.339 e. The number of hydrogen-bond acceptors (Lipinski definition) is 3. The van der Waals surface area contributed by atoms with Gasteiger partial charge >= 0.3 is 5.97 Å². The molecule has 0 bridgehead atoms. The van der Waals surface area contributed by atoms with Gasteiger partial charge in [0.05, 0.1) is 5.56 Å². The highest BCUT2D eigenvalue weighted by Crippen LogP contribution is 2.30. The van der Waals surface area contributed by atoms with Crippen LogP contribution in [0.4, 0.5) is 5.69 Å². The zero-order chi connectivity index (χ0) is 17.5. The number of ether oxygens (including phenoxy) is 1. The fraction of sp³-hybridized carbons (Fsp3) is 0.263. The van der Waals surface area contributed by atoms with E-state index < -0.39 is 11.6 Å². The first kappa shape index (κ1) is 17.0. The normalized spacial score (nSPS) is 19.4. The maximum atomic E-state index is 12.8. The van der Waals surface area contributed by atoms with Crippen LogP contribution in [0.1, 0.15) is 34.0 Å². The van der Waals surface area contributed by atoms with Gasteiger partial charge in [-0.3, -0.25) is 4.79 Å². The number of aryl methyl sites for hydroxylation is 2. The molecule has 2 aromatic carbocycles. The van der Waals surface area contributed by atoms with E-state index in [2.05, 4.69) is 27.9 Å². The van der Waals surface area contributed by atoms with Crippen LogP contribution < -0.4 is 5.32 Å². The number of hydrogen-bond donors (Lipinski definition) is 1. The maximum absolute atomic E-state index is 12.8. The summed E-state index contributed by atoms with van der Waals surface area (Å²) >= 11 is 2.23. The van der Waals surface area contributed by atoms with Crippen LogP contribution in [0.3, 0.4) is 0 Å². The van der Waals surface area contributed by atoms with E-state index in [9.17, 15) is 9.59 Å². The second-order valence-corrected chi connectivity index (χ2v) is 7.62. The highest BCUT2D eigenvalue weighted by atomic mass is 127. The van der Waals surface area contributed by atoms with Crippen LogP contribution in [-0.4, -0.2) is 17.5 Å². The van der Waals surface area contributed by atoms with Gasteiger partial charge in [0.25, 0.3) is 5.91 Å². The number of fused-ring (bicyclic) bond motifs is 1. The zero-order valence-electron chi connectivity index (χ0n) is 13.8. The van der Waals surface area contributed by atoms with Crippen molar-refractivity contribution in [1.29, 1.82) is 0 Å². The summed E-state index contributed by atoms with van der Waals surface area (Å²) in [6, 6.07) is 11.4. The standard InChI is InChI=1S/C19H18INO3/c1-11-4-6-15-13(8-11)10-19(3,24-17(15)22)18(23)21-16-7-5-14(20)9-12(16)2/h4-9H,10H2,1-3H3,(H,21,23). The molecule has 5 heteroatoms. The van der Waals surface area contributed by atoms with Gasteiger partial charge in [0, 0.05) is 15.7 Å². The van der Waals surface area contributed by atoms with Crippen LogP contribution in [0.2, 0.25) is 0 Å². The van der Waals surface area contributed by atoms with Gasteiger partial charge in [-0.15, -0.1) is 0 Å². The number of cyclic esters (lactones) is 1. The van der Waals surface area contributed by atoms with Gasteiger partial charge in [-0.1, -0.05) is 17.7 Å². The molecule has 1 atom stereocenters. The third kappa shape index (κ3) is 3.17. The Morgan fingerprint density at radius 2 is 1.96 bits per heavy atom. The first-order valence-electron chi connectivity index (χ1n) is 7.69. The third-order valence-electron chi connectivity index (χ3n) is 4.24. The second kappa shape index (κ2) is 6.20. The van der Waals surface area contributed by atoms with Crippen molar-refractivity contribution in [3.8, 4) is 0 Å². The summed E-state index contributed by atoms with van der Waals surface area (Å²) in [6.45, 7) is 5.56. The Hall–Kier alpha value is -1.89. The lowest BCUT2D eigenvalue weighted by Crippen LogP contribution is -2.49. The topological polar surface area (TPSA) is 55.4 Å². The summed E-state index contributed by atoms with van der Waals surface area (Å²) in [5.41, 5.74) is 2.93. The fourth-order valence-corrected chi connectivity index (χ4v) is 3.52. The number of carbonyl (C=O) groups excluding carboxylic acids is 2. The van der Waals surface area contributed by atoms with E-state index in [1.165, 1.54) is 0 Å². The van der Waals surface area contributed by atoms with Gasteiger partial charge in [0.1, 0.15) is 0 Å². The van der Waals surface area contributed by atoms with Crippen molar-refractivity contribution in [3.63, 3.8) is 0 Å². The number of esters is 1. The summed E-state index contributed by atoms with van der Waals surface area (Å²) in [5.74, 6) is -0.763. The Morgan fingerprint density at radius 3 is 2.67 bits per heavy atom. The van der Waals surface area contributed by atoms with Crippen LogP contribution in [0, 0.1) is 17.4 Å². The molecule has 0 aliphatic carbocycles. The monoisotopic (exact) mass is 435 g/mol. The first-order chi connectivity index (χ1) is 11.3. The molecule has 1 aliphatic heterocycles.